The molecular formula is C37H28BrN3O2S. The summed E-state index contributed by atoms with van der Waals surface area (Å²) in [6.45, 7) is 0.743. The highest BCUT2D eigenvalue weighted by atomic mass is 79.9. The van der Waals surface area contributed by atoms with E-state index >= 15 is 0 Å². The summed E-state index contributed by atoms with van der Waals surface area (Å²) in [5.74, 6) is 0.795. The number of para-hydroxylation sites is 1. The molecule has 2 aromatic heterocycles. The number of hydrogen-bond acceptors (Lipinski definition) is 4. The first-order valence-electron chi connectivity index (χ1n) is 14.7. The number of rotatable bonds is 5. The lowest BCUT2D eigenvalue weighted by Gasteiger charge is -2.30. The fourth-order valence-electron chi connectivity index (χ4n) is 6.56. The smallest absolute Gasteiger partial charge is 0.271 e. The van der Waals surface area contributed by atoms with Crippen LogP contribution in [0.1, 0.15) is 40.3 Å². The van der Waals surface area contributed by atoms with Gasteiger partial charge >= 0.3 is 0 Å². The van der Waals surface area contributed by atoms with Crippen molar-refractivity contribution in [3.63, 3.8) is 0 Å². The summed E-state index contributed by atoms with van der Waals surface area (Å²) in [6, 6.07) is 33.2. The second-order valence-corrected chi connectivity index (χ2v) is 13.2. The average Bonchev–Trinajstić information content (AvgIpc) is 3.57. The van der Waals surface area contributed by atoms with Crippen LogP contribution in [-0.2, 0) is 13.0 Å². The highest BCUT2D eigenvalue weighted by molar-refractivity contribution is 9.10. The third-order valence-electron chi connectivity index (χ3n) is 8.68. The molecule has 5 nitrogen and oxygen atoms in total. The molecule has 0 N–H and O–H groups in total. The summed E-state index contributed by atoms with van der Waals surface area (Å²) in [6.07, 6.45) is 6.00. The number of aryl methyl sites for hydroxylation is 1. The molecule has 8 rings (SSSR count). The molecule has 4 aromatic carbocycles. The largest absolute Gasteiger partial charge is 0.497 e. The molecule has 216 valence electrons. The summed E-state index contributed by atoms with van der Waals surface area (Å²) in [5, 5.41) is 1.12. The van der Waals surface area contributed by atoms with Crippen molar-refractivity contribution in [3.8, 4) is 5.75 Å². The zero-order valence-corrected chi connectivity index (χ0v) is 26.4. The number of aromatic nitrogens is 2. The van der Waals surface area contributed by atoms with Crippen LogP contribution in [0.5, 0.6) is 5.75 Å². The van der Waals surface area contributed by atoms with Crippen molar-refractivity contribution in [3.05, 3.63) is 161 Å². The van der Waals surface area contributed by atoms with E-state index < -0.39 is 0 Å². The van der Waals surface area contributed by atoms with Crippen molar-refractivity contribution in [1.82, 2.24) is 9.13 Å². The van der Waals surface area contributed by atoms with Crippen molar-refractivity contribution in [2.24, 2.45) is 4.99 Å². The van der Waals surface area contributed by atoms with E-state index in [-0.39, 0.29) is 11.6 Å². The van der Waals surface area contributed by atoms with Gasteiger partial charge in [-0.3, -0.25) is 9.36 Å². The number of benzene rings is 4. The first kappa shape index (κ1) is 27.1. The molecule has 0 radical (unpaired) electrons. The van der Waals surface area contributed by atoms with Crippen LogP contribution in [0.25, 0.3) is 22.7 Å². The van der Waals surface area contributed by atoms with Gasteiger partial charge < -0.3 is 9.30 Å². The molecule has 0 saturated carbocycles. The van der Waals surface area contributed by atoms with Gasteiger partial charge in [0.2, 0.25) is 0 Å². The zero-order chi connectivity index (χ0) is 29.8. The molecule has 1 unspecified atom stereocenters. The topological polar surface area (TPSA) is 48.5 Å². The molecule has 1 aliphatic heterocycles. The van der Waals surface area contributed by atoms with Gasteiger partial charge in [-0.1, -0.05) is 94.0 Å². The summed E-state index contributed by atoms with van der Waals surface area (Å²) < 4.78 is 11.4. The summed E-state index contributed by atoms with van der Waals surface area (Å²) in [4.78, 5) is 20.2. The minimum absolute atomic E-state index is 0.00952. The number of halogens is 1. The molecule has 0 saturated heterocycles. The predicted octanol–water partition coefficient (Wildman–Crippen LogP) is 7.09. The van der Waals surface area contributed by atoms with E-state index in [1.54, 1.807) is 7.11 Å². The lowest BCUT2D eigenvalue weighted by molar-refractivity contribution is 0.414. The molecule has 3 heterocycles. The Morgan fingerprint density at radius 1 is 0.955 bits per heavy atom. The molecule has 1 atom stereocenters. The van der Waals surface area contributed by atoms with Gasteiger partial charge in [-0.15, -0.1) is 0 Å². The maximum absolute atomic E-state index is 14.3. The third-order valence-corrected chi connectivity index (χ3v) is 10.2. The van der Waals surface area contributed by atoms with Gasteiger partial charge in [0, 0.05) is 39.2 Å². The number of methoxy groups -OCH3 is 1. The quantitative estimate of drug-likeness (QED) is 0.199. The lowest BCUT2D eigenvalue weighted by atomic mass is 9.83. The Bertz CT molecular complexity index is 2270. The van der Waals surface area contributed by atoms with Crippen LogP contribution < -0.4 is 19.6 Å². The van der Waals surface area contributed by atoms with E-state index in [2.05, 4.69) is 112 Å². The van der Waals surface area contributed by atoms with E-state index in [0.29, 0.717) is 4.53 Å². The maximum atomic E-state index is 14.3. The number of fused-ring (bicyclic) bond motifs is 4. The van der Waals surface area contributed by atoms with Crippen molar-refractivity contribution in [1.29, 1.82) is 0 Å². The molecule has 44 heavy (non-hydrogen) atoms. The van der Waals surface area contributed by atoms with Gasteiger partial charge in [0.15, 0.2) is 4.80 Å². The van der Waals surface area contributed by atoms with Crippen LogP contribution in [-0.4, -0.2) is 16.2 Å². The van der Waals surface area contributed by atoms with E-state index in [1.165, 1.54) is 33.6 Å². The molecule has 7 heteroatoms. The Morgan fingerprint density at radius 2 is 1.73 bits per heavy atom. The zero-order valence-electron chi connectivity index (χ0n) is 24.0. The second kappa shape index (κ2) is 10.9. The monoisotopic (exact) mass is 657 g/mol. The average molecular weight is 659 g/mol. The van der Waals surface area contributed by atoms with Gasteiger partial charge in [-0.2, -0.15) is 0 Å². The first-order chi connectivity index (χ1) is 21.6. The van der Waals surface area contributed by atoms with E-state index in [1.807, 2.05) is 22.8 Å². The molecular weight excluding hydrogens is 630 g/mol. The molecule has 0 fully saturated rings. The molecule has 6 aromatic rings. The SMILES string of the molecule is COc1ccc(C2C3=C(N=c4s/c(=C/c5cn(Cc6ccc(Br)cc6)c6ccccc56)c(=O)n42)c2ccccc2CC3)cc1. The number of ether oxygens (including phenoxy) is 1. The Hall–Kier alpha value is -4.46. The fraction of sp³-hybridized carbons (Fsp3) is 0.135. The Morgan fingerprint density at radius 3 is 2.55 bits per heavy atom. The van der Waals surface area contributed by atoms with Crippen LogP contribution >= 0.6 is 27.3 Å². The number of nitrogens with zero attached hydrogens (tertiary/aromatic N) is 3. The first-order valence-corrected chi connectivity index (χ1v) is 16.3. The highest BCUT2D eigenvalue weighted by Crippen LogP contribution is 2.41. The van der Waals surface area contributed by atoms with E-state index in [4.69, 9.17) is 9.73 Å². The summed E-state index contributed by atoms with van der Waals surface area (Å²) >= 11 is 5.01. The lowest BCUT2D eigenvalue weighted by Crippen LogP contribution is -2.38. The van der Waals surface area contributed by atoms with Gasteiger partial charge in [-0.25, -0.2) is 4.99 Å². The number of hydrogen-bond donors (Lipinski definition) is 0. The summed E-state index contributed by atoms with van der Waals surface area (Å²) in [7, 11) is 1.67. The molecule has 0 spiro atoms. The van der Waals surface area contributed by atoms with Crippen LogP contribution in [0.15, 0.2) is 123 Å². The Kier molecular flexibility index (Phi) is 6.73. The van der Waals surface area contributed by atoms with Gasteiger partial charge in [0.05, 0.1) is 23.4 Å². The standard InChI is InChI=1S/C37H28BrN3O2S/c1-43-28-17-12-25(13-18-28)35-31-19-14-24-6-2-3-8-30(24)34(31)39-37-41(35)36(42)33(44-37)20-26-22-40(32-9-5-4-7-29(26)32)21-23-10-15-27(38)16-11-23/h2-13,15-18,20,22,35H,14,19,21H2,1H3/b33-20+. The van der Waals surface area contributed by atoms with E-state index in [9.17, 15) is 4.79 Å². The van der Waals surface area contributed by atoms with Crippen molar-refractivity contribution < 1.29 is 4.74 Å². The van der Waals surface area contributed by atoms with Crippen molar-refractivity contribution >= 4 is 49.9 Å². The highest BCUT2D eigenvalue weighted by Gasteiger charge is 2.32. The normalized spacial score (nSPS) is 16.0. The van der Waals surface area contributed by atoms with Gasteiger partial charge in [0.25, 0.3) is 5.56 Å². The van der Waals surface area contributed by atoms with Crippen LogP contribution in [0, 0.1) is 0 Å². The summed E-state index contributed by atoms with van der Waals surface area (Å²) in [5.41, 5.74) is 9.10. The Labute approximate surface area is 266 Å². The molecule has 0 bridgehead atoms. The maximum Gasteiger partial charge on any atom is 0.271 e. The number of allylic oxidation sites excluding steroid dienone is 1. The number of thiazole rings is 1. The minimum atomic E-state index is -0.221. The van der Waals surface area contributed by atoms with Gasteiger partial charge in [0.1, 0.15) is 5.75 Å². The molecule has 2 aliphatic rings. The Balaban J connectivity index is 1.31. The minimum Gasteiger partial charge on any atom is -0.497 e. The van der Waals surface area contributed by atoms with E-state index in [0.717, 1.165) is 62.1 Å². The van der Waals surface area contributed by atoms with Gasteiger partial charge in [-0.05, 0) is 71.5 Å². The van der Waals surface area contributed by atoms with Crippen molar-refractivity contribution in [2.75, 3.05) is 7.11 Å². The van der Waals surface area contributed by atoms with Crippen molar-refractivity contribution in [2.45, 2.75) is 25.4 Å². The third kappa shape index (κ3) is 4.59. The fourth-order valence-corrected chi connectivity index (χ4v) is 7.81. The second-order valence-electron chi connectivity index (χ2n) is 11.2. The van der Waals surface area contributed by atoms with Crippen LogP contribution in [0.4, 0.5) is 0 Å². The molecule has 1 aliphatic carbocycles. The predicted molar refractivity (Wildman–Crippen MR) is 181 cm³/mol. The van der Waals surface area contributed by atoms with Crippen LogP contribution in [0.2, 0.25) is 0 Å². The van der Waals surface area contributed by atoms with Crippen LogP contribution in [0.3, 0.4) is 0 Å². The molecule has 0 amide bonds.